The van der Waals surface area contributed by atoms with Gasteiger partial charge in [-0.2, -0.15) is 5.10 Å². The van der Waals surface area contributed by atoms with Gasteiger partial charge in [0.15, 0.2) is 5.65 Å². The Kier molecular flexibility index (Phi) is 9.46. The van der Waals surface area contributed by atoms with Gasteiger partial charge in [-0.05, 0) is 88.4 Å². The number of anilines is 1. The third-order valence-electron chi connectivity index (χ3n) is 8.20. The Bertz CT molecular complexity index is 1690. The third-order valence-corrected chi connectivity index (χ3v) is 8.20. The van der Waals surface area contributed by atoms with E-state index < -0.39 is 11.7 Å². The Labute approximate surface area is 275 Å². The van der Waals surface area contributed by atoms with Crippen molar-refractivity contribution >= 4 is 28.9 Å². The minimum Gasteiger partial charge on any atom is -0.494 e. The first-order chi connectivity index (χ1) is 22.7. The van der Waals surface area contributed by atoms with Crippen LogP contribution in [0.15, 0.2) is 61.1 Å². The number of nitrogens with zero attached hydrogens (tertiary/aromatic N) is 6. The van der Waals surface area contributed by atoms with Crippen LogP contribution in [-0.4, -0.2) is 87.7 Å². The standard InChI is InChI=1S/C35H43N7O5/c1-5-45-28-8-6-7-24(19-28)22-42-32-29(20-39-42)31(37-23-38-32)40-15-17-41(18-16-40)33(43)26-11-13-27(14-12-26)46-30(25-9-10-25)21-36-34(44)47-35(2,3)4/h6-8,11-14,19-20,23,25,30H,5,9-10,15-18,21-22H2,1-4H3,(H,36,44). The van der Waals surface area contributed by atoms with Crippen LogP contribution < -0.4 is 19.7 Å². The van der Waals surface area contributed by atoms with E-state index in [1.165, 1.54) is 0 Å². The molecule has 2 amide bonds. The molecule has 3 heterocycles. The Hall–Kier alpha value is -4.87. The predicted molar refractivity (Wildman–Crippen MR) is 178 cm³/mol. The van der Waals surface area contributed by atoms with E-state index in [2.05, 4.69) is 25.3 Å². The maximum absolute atomic E-state index is 13.4. The van der Waals surface area contributed by atoms with Gasteiger partial charge in [0.05, 0.1) is 31.3 Å². The zero-order valence-electron chi connectivity index (χ0n) is 27.5. The second-order valence-electron chi connectivity index (χ2n) is 13.0. The van der Waals surface area contributed by atoms with Gasteiger partial charge in [-0.25, -0.2) is 19.4 Å². The number of hydrogen-bond donors (Lipinski definition) is 1. The lowest BCUT2D eigenvalue weighted by Gasteiger charge is -2.35. The topological polar surface area (TPSA) is 124 Å². The highest BCUT2D eigenvalue weighted by Gasteiger charge is 2.34. The van der Waals surface area contributed by atoms with Crippen LogP contribution in [0.1, 0.15) is 56.5 Å². The molecule has 1 atom stereocenters. The summed E-state index contributed by atoms with van der Waals surface area (Å²) in [5, 5.41) is 8.33. The molecule has 1 aliphatic heterocycles. The minimum absolute atomic E-state index is 0.0172. The molecule has 1 aliphatic carbocycles. The maximum atomic E-state index is 13.4. The molecular weight excluding hydrogens is 598 g/mol. The van der Waals surface area contributed by atoms with E-state index in [1.807, 2.05) is 92.0 Å². The maximum Gasteiger partial charge on any atom is 0.407 e. The summed E-state index contributed by atoms with van der Waals surface area (Å²) >= 11 is 0. The van der Waals surface area contributed by atoms with Crippen molar-refractivity contribution in [3.8, 4) is 11.5 Å². The van der Waals surface area contributed by atoms with Crippen LogP contribution in [0.25, 0.3) is 11.0 Å². The van der Waals surface area contributed by atoms with Crippen LogP contribution in [0.5, 0.6) is 11.5 Å². The Morgan fingerprint density at radius 1 is 1.00 bits per heavy atom. The SMILES string of the molecule is CCOc1cccc(Cn2ncc3c(N4CCN(C(=O)c5ccc(OC(CNC(=O)OC(C)(C)C)C6CC6)cc5)CC4)ncnc32)c1. The van der Waals surface area contributed by atoms with Crippen LogP contribution >= 0.6 is 0 Å². The summed E-state index contributed by atoms with van der Waals surface area (Å²) in [6, 6.07) is 15.3. The largest absolute Gasteiger partial charge is 0.494 e. The van der Waals surface area contributed by atoms with Crippen LogP contribution in [0, 0.1) is 5.92 Å². The van der Waals surface area contributed by atoms with Crippen LogP contribution in [-0.2, 0) is 11.3 Å². The van der Waals surface area contributed by atoms with Crippen molar-refractivity contribution in [1.82, 2.24) is 30.0 Å². The molecule has 0 bridgehead atoms. The van der Waals surface area contributed by atoms with E-state index in [4.69, 9.17) is 14.2 Å². The van der Waals surface area contributed by atoms with Crippen molar-refractivity contribution in [2.24, 2.45) is 5.92 Å². The van der Waals surface area contributed by atoms with Crippen LogP contribution in [0.2, 0.25) is 0 Å². The molecule has 12 heteroatoms. The Morgan fingerprint density at radius 3 is 2.47 bits per heavy atom. The molecule has 1 unspecified atom stereocenters. The predicted octanol–water partition coefficient (Wildman–Crippen LogP) is 4.92. The number of benzene rings is 2. The number of aromatic nitrogens is 4. The molecule has 6 rings (SSSR count). The smallest absolute Gasteiger partial charge is 0.407 e. The zero-order chi connectivity index (χ0) is 33.0. The molecule has 248 valence electrons. The molecule has 12 nitrogen and oxygen atoms in total. The van der Waals surface area contributed by atoms with Gasteiger partial charge in [-0.15, -0.1) is 0 Å². The average molecular weight is 642 g/mol. The molecule has 0 spiro atoms. The molecule has 47 heavy (non-hydrogen) atoms. The summed E-state index contributed by atoms with van der Waals surface area (Å²) in [5.41, 5.74) is 1.90. The number of carbonyl (C=O) groups excluding carboxylic acids is 2. The summed E-state index contributed by atoms with van der Waals surface area (Å²) < 4.78 is 19.1. The first-order valence-electron chi connectivity index (χ1n) is 16.3. The van der Waals surface area contributed by atoms with E-state index in [0.717, 1.165) is 41.0 Å². The second-order valence-corrected chi connectivity index (χ2v) is 13.0. The fourth-order valence-electron chi connectivity index (χ4n) is 5.75. The number of hydrogen-bond acceptors (Lipinski definition) is 9. The molecule has 0 radical (unpaired) electrons. The molecular formula is C35H43N7O5. The fourth-order valence-corrected chi connectivity index (χ4v) is 5.75. The molecule has 2 aliphatic rings. The fraction of sp³-hybridized carbons (Fsp3) is 0.457. The number of amides is 2. The van der Waals surface area contributed by atoms with E-state index in [9.17, 15) is 9.59 Å². The highest BCUT2D eigenvalue weighted by atomic mass is 16.6. The normalized spacial score (nSPS) is 15.7. The quantitative estimate of drug-likeness (QED) is 0.243. The lowest BCUT2D eigenvalue weighted by Crippen LogP contribution is -2.49. The molecule has 1 saturated heterocycles. The highest BCUT2D eigenvalue weighted by molar-refractivity contribution is 5.94. The molecule has 2 aromatic heterocycles. The van der Waals surface area contributed by atoms with Gasteiger partial charge in [0.25, 0.3) is 5.91 Å². The molecule has 2 aromatic carbocycles. The monoisotopic (exact) mass is 641 g/mol. The lowest BCUT2D eigenvalue weighted by atomic mass is 10.1. The van der Waals surface area contributed by atoms with Gasteiger partial charge >= 0.3 is 6.09 Å². The van der Waals surface area contributed by atoms with E-state index in [1.54, 1.807) is 6.33 Å². The minimum atomic E-state index is -0.556. The van der Waals surface area contributed by atoms with Crippen molar-refractivity contribution in [3.63, 3.8) is 0 Å². The first-order valence-corrected chi connectivity index (χ1v) is 16.3. The average Bonchev–Trinajstić information content (AvgIpc) is 3.83. The summed E-state index contributed by atoms with van der Waals surface area (Å²) in [7, 11) is 0. The van der Waals surface area contributed by atoms with Crippen LogP contribution in [0.3, 0.4) is 0 Å². The van der Waals surface area contributed by atoms with Gasteiger partial charge in [-0.3, -0.25) is 4.79 Å². The Morgan fingerprint density at radius 2 is 1.77 bits per heavy atom. The van der Waals surface area contributed by atoms with Crippen molar-refractivity contribution in [2.75, 3.05) is 44.2 Å². The van der Waals surface area contributed by atoms with E-state index in [-0.39, 0.29) is 12.0 Å². The lowest BCUT2D eigenvalue weighted by molar-refractivity contribution is 0.0494. The summed E-state index contributed by atoms with van der Waals surface area (Å²) in [4.78, 5) is 38.7. The number of nitrogens with one attached hydrogen (secondary N) is 1. The van der Waals surface area contributed by atoms with Gasteiger partial charge < -0.3 is 29.3 Å². The van der Waals surface area contributed by atoms with Gasteiger partial charge in [0.2, 0.25) is 0 Å². The summed E-state index contributed by atoms with van der Waals surface area (Å²) in [6.45, 7) is 11.5. The molecule has 2 fully saturated rings. The number of alkyl carbamates (subject to hydrolysis) is 1. The number of carbonyl (C=O) groups is 2. The summed E-state index contributed by atoms with van der Waals surface area (Å²) in [6.07, 6.45) is 4.93. The van der Waals surface area contributed by atoms with Gasteiger partial charge in [0.1, 0.15) is 35.3 Å². The van der Waals surface area contributed by atoms with Gasteiger partial charge in [-0.1, -0.05) is 12.1 Å². The van der Waals surface area contributed by atoms with Crippen LogP contribution in [0.4, 0.5) is 10.6 Å². The molecule has 1 saturated carbocycles. The summed E-state index contributed by atoms with van der Waals surface area (Å²) in [5.74, 6) is 2.71. The van der Waals surface area contributed by atoms with Gasteiger partial charge in [0, 0.05) is 31.7 Å². The Balaban J connectivity index is 1.04. The molecule has 1 N–H and O–H groups in total. The number of rotatable bonds is 11. The molecule has 4 aromatic rings. The van der Waals surface area contributed by atoms with Crippen molar-refractivity contribution in [2.45, 2.75) is 58.8 Å². The highest BCUT2D eigenvalue weighted by Crippen LogP contribution is 2.35. The van der Waals surface area contributed by atoms with Crippen molar-refractivity contribution in [1.29, 1.82) is 0 Å². The van der Waals surface area contributed by atoms with Crippen molar-refractivity contribution < 1.29 is 23.8 Å². The number of piperazine rings is 1. The first kappa shape index (κ1) is 32.1. The van der Waals surface area contributed by atoms with E-state index >= 15 is 0 Å². The third kappa shape index (κ3) is 8.11. The second kappa shape index (κ2) is 13.9. The zero-order valence-corrected chi connectivity index (χ0v) is 27.5. The van der Waals surface area contributed by atoms with Crippen molar-refractivity contribution in [3.05, 3.63) is 72.2 Å². The van der Waals surface area contributed by atoms with E-state index in [0.29, 0.717) is 63.1 Å². The number of ether oxygens (including phenoxy) is 3. The number of fused-ring (bicyclic) bond motifs is 1.